The van der Waals surface area contributed by atoms with E-state index in [1.54, 1.807) is 23.1 Å². The van der Waals surface area contributed by atoms with Crippen LogP contribution in [0.25, 0.3) is 11.3 Å². The molecule has 0 radical (unpaired) electrons. The zero-order valence-corrected chi connectivity index (χ0v) is 14.2. The van der Waals surface area contributed by atoms with Crippen LogP contribution in [0.2, 0.25) is 5.02 Å². The highest BCUT2D eigenvalue weighted by atomic mass is 35.5. The predicted molar refractivity (Wildman–Crippen MR) is 90.3 cm³/mol. The Morgan fingerprint density at radius 3 is 2.64 bits per heavy atom. The van der Waals surface area contributed by atoms with E-state index in [1.807, 2.05) is 12.1 Å². The topological polar surface area (TPSA) is 83.6 Å². The molecule has 1 saturated heterocycles. The van der Waals surface area contributed by atoms with Gasteiger partial charge >= 0.3 is 5.97 Å². The maximum Gasteiger partial charge on any atom is 0.307 e. The lowest BCUT2D eigenvalue weighted by atomic mass is 9.90. The summed E-state index contributed by atoms with van der Waals surface area (Å²) in [6.45, 7) is 1.10. The number of amides is 1. The van der Waals surface area contributed by atoms with Crippen LogP contribution in [0, 0.1) is 11.3 Å². The smallest absolute Gasteiger partial charge is 0.307 e. The monoisotopic (exact) mass is 360 g/mol. The molecule has 25 heavy (non-hydrogen) atoms. The van der Waals surface area contributed by atoms with Crippen molar-refractivity contribution in [2.24, 2.45) is 11.3 Å². The van der Waals surface area contributed by atoms with Gasteiger partial charge in [-0.3, -0.25) is 9.59 Å². The van der Waals surface area contributed by atoms with Crippen molar-refractivity contribution < 1.29 is 19.2 Å². The summed E-state index contributed by atoms with van der Waals surface area (Å²) in [4.78, 5) is 25.5. The van der Waals surface area contributed by atoms with Gasteiger partial charge in [0.15, 0.2) is 11.5 Å². The first-order valence-electron chi connectivity index (χ1n) is 8.24. The molecule has 1 spiro atoms. The van der Waals surface area contributed by atoms with Crippen LogP contribution >= 0.6 is 11.6 Å². The summed E-state index contributed by atoms with van der Waals surface area (Å²) in [6, 6.07) is 8.81. The average Bonchev–Trinajstić information content (AvgIpc) is 3.09. The van der Waals surface area contributed by atoms with Crippen molar-refractivity contribution >= 4 is 23.5 Å². The highest BCUT2D eigenvalue weighted by molar-refractivity contribution is 6.33. The van der Waals surface area contributed by atoms with E-state index in [0.29, 0.717) is 29.4 Å². The maximum absolute atomic E-state index is 12.6. The van der Waals surface area contributed by atoms with Crippen molar-refractivity contribution in [3.63, 3.8) is 0 Å². The molecule has 2 aromatic rings. The number of carboxylic acids is 1. The molecule has 6 nitrogen and oxygen atoms in total. The third kappa shape index (κ3) is 2.80. The van der Waals surface area contributed by atoms with Crippen molar-refractivity contribution in [2.75, 3.05) is 13.1 Å². The maximum atomic E-state index is 12.6. The summed E-state index contributed by atoms with van der Waals surface area (Å²) in [6.07, 6.45) is 2.18. The largest absolute Gasteiger partial charge is 0.481 e. The minimum Gasteiger partial charge on any atom is -0.481 e. The molecular weight excluding hydrogens is 344 g/mol. The fraction of sp³-hybridized carbons (Fsp3) is 0.389. The summed E-state index contributed by atoms with van der Waals surface area (Å²) in [7, 11) is 0. The van der Waals surface area contributed by atoms with Crippen LogP contribution in [-0.2, 0) is 4.79 Å². The van der Waals surface area contributed by atoms with Crippen molar-refractivity contribution in [3.05, 3.63) is 41.0 Å². The van der Waals surface area contributed by atoms with E-state index in [1.165, 1.54) is 0 Å². The van der Waals surface area contributed by atoms with Crippen molar-refractivity contribution in [3.8, 4) is 11.3 Å². The van der Waals surface area contributed by atoms with E-state index >= 15 is 0 Å². The van der Waals surface area contributed by atoms with Crippen LogP contribution in [0.5, 0.6) is 0 Å². The molecule has 1 aliphatic carbocycles. The van der Waals surface area contributed by atoms with Gasteiger partial charge in [-0.15, -0.1) is 0 Å². The average molecular weight is 361 g/mol. The van der Waals surface area contributed by atoms with Crippen LogP contribution in [0.15, 0.2) is 34.9 Å². The number of halogens is 1. The summed E-state index contributed by atoms with van der Waals surface area (Å²) in [5.41, 5.74) is 0.835. The lowest BCUT2D eigenvalue weighted by Gasteiger charge is -2.32. The number of piperidine rings is 1. The van der Waals surface area contributed by atoms with Crippen molar-refractivity contribution in [2.45, 2.75) is 19.3 Å². The number of likely N-dealkylation sites (tertiary alicyclic amines) is 1. The van der Waals surface area contributed by atoms with Gasteiger partial charge in [-0.05, 0) is 36.8 Å². The second-order valence-corrected chi connectivity index (χ2v) is 7.21. The SMILES string of the molecule is O=C(O)C1CC12CCN(C(=O)c1cc(-c3ccccc3Cl)on1)CC2. The summed E-state index contributed by atoms with van der Waals surface area (Å²) in [5, 5.41) is 13.6. The number of hydrogen-bond acceptors (Lipinski definition) is 4. The number of carbonyl (C=O) groups is 2. The Morgan fingerprint density at radius 1 is 1.28 bits per heavy atom. The first-order chi connectivity index (χ1) is 12.0. The van der Waals surface area contributed by atoms with Crippen LogP contribution in [0.4, 0.5) is 0 Å². The molecule has 1 aromatic heterocycles. The van der Waals surface area contributed by atoms with Gasteiger partial charge in [0.25, 0.3) is 5.91 Å². The van der Waals surface area contributed by atoms with Gasteiger partial charge in [0.1, 0.15) is 0 Å². The minimum absolute atomic E-state index is 0.102. The molecule has 1 aromatic carbocycles. The van der Waals surface area contributed by atoms with Gasteiger partial charge in [0.2, 0.25) is 0 Å². The molecule has 1 saturated carbocycles. The van der Waals surface area contributed by atoms with Gasteiger partial charge < -0.3 is 14.5 Å². The Kier molecular flexibility index (Phi) is 3.80. The van der Waals surface area contributed by atoms with Crippen LogP contribution < -0.4 is 0 Å². The number of aromatic nitrogens is 1. The van der Waals surface area contributed by atoms with E-state index in [-0.39, 0.29) is 22.9 Å². The number of benzene rings is 1. The van der Waals surface area contributed by atoms with Gasteiger partial charge in [-0.1, -0.05) is 28.9 Å². The minimum atomic E-state index is -0.722. The molecule has 2 fully saturated rings. The molecule has 7 heteroatoms. The molecule has 1 N–H and O–H groups in total. The van der Waals surface area contributed by atoms with Gasteiger partial charge in [-0.25, -0.2) is 0 Å². The van der Waals surface area contributed by atoms with E-state index < -0.39 is 5.97 Å². The van der Waals surface area contributed by atoms with Gasteiger partial charge in [0, 0.05) is 24.7 Å². The van der Waals surface area contributed by atoms with E-state index in [2.05, 4.69) is 5.16 Å². The Bertz CT molecular complexity index is 839. The second-order valence-electron chi connectivity index (χ2n) is 6.81. The molecule has 1 aliphatic heterocycles. The molecular formula is C18H17ClN2O4. The highest BCUT2D eigenvalue weighted by Gasteiger charge is 2.59. The summed E-state index contributed by atoms with van der Waals surface area (Å²) < 4.78 is 5.29. The molecule has 0 bridgehead atoms. The van der Waals surface area contributed by atoms with Crippen molar-refractivity contribution in [1.29, 1.82) is 0 Å². The second kappa shape index (κ2) is 5.88. The van der Waals surface area contributed by atoms with Crippen LogP contribution in [-0.4, -0.2) is 40.1 Å². The third-order valence-electron chi connectivity index (χ3n) is 5.40. The normalized spacial score (nSPS) is 21.3. The lowest BCUT2D eigenvalue weighted by Crippen LogP contribution is -2.40. The van der Waals surface area contributed by atoms with Gasteiger partial charge in [0.05, 0.1) is 10.9 Å². The number of carboxylic acid groups (broad SMARTS) is 1. The third-order valence-corrected chi connectivity index (χ3v) is 5.73. The fourth-order valence-electron chi connectivity index (χ4n) is 3.73. The highest BCUT2D eigenvalue weighted by Crippen LogP contribution is 2.59. The molecule has 1 amide bonds. The molecule has 1 unspecified atom stereocenters. The Labute approximate surface area is 149 Å². The number of carbonyl (C=O) groups excluding carboxylic acids is 1. The molecule has 2 aliphatic rings. The van der Waals surface area contributed by atoms with E-state index in [9.17, 15) is 9.59 Å². The van der Waals surface area contributed by atoms with E-state index in [0.717, 1.165) is 19.3 Å². The zero-order valence-electron chi connectivity index (χ0n) is 13.4. The number of nitrogens with zero attached hydrogens (tertiary/aromatic N) is 2. The van der Waals surface area contributed by atoms with Gasteiger partial charge in [-0.2, -0.15) is 0 Å². The Morgan fingerprint density at radius 2 is 2.00 bits per heavy atom. The molecule has 1 atom stereocenters. The number of aliphatic carboxylic acids is 1. The Hall–Kier alpha value is -2.34. The predicted octanol–water partition coefficient (Wildman–Crippen LogP) is 3.32. The summed E-state index contributed by atoms with van der Waals surface area (Å²) >= 11 is 6.14. The molecule has 4 rings (SSSR count). The fourth-order valence-corrected chi connectivity index (χ4v) is 3.96. The number of rotatable bonds is 3. The molecule has 130 valence electrons. The first-order valence-corrected chi connectivity index (χ1v) is 8.62. The van der Waals surface area contributed by atoms with E-state index in [4.69, 9.17) is 21.2 Å². The Balaban J connectivity index is 1.45. The standard InChI is InChI=1S/C18H17ClN2O4/c19-13-4-2-1-3-11(13)15-9-14(20-25-15)16(22)21-7-5-18(6-8-21)10-12(18)17(23)24/h1-4,9,12H,5-8,10H2,(H,23,24). The van der Waals surface area contributed by atoms with Crippen LogP contribution in [0.3, 0.4) is 0 Å². The van der Waals surface area contributed by atoms with Crippen LogP contribution in [0.1, 0.15) is 29.8 Å². The lowest BCUT2D eigenvalue weighted by molar-refractivity contribution is -0.139. The zero-order chi connectivity index (χ0) is 17.6. The summed E-state index contributed by atoms with van der Waals surface area (Å²) in [5.74, 6) is -0.704. The number of hydrogen-bond donors (Lipinski definition) is 1. The van der Waals surface area contributed by atoms with Crippen molar-refractivity contribution in [1.82, 2.24) is 10.1 Å². The quantitative estimate of drug-likeness (QED) is 0.907. The first kappa shape index (κ1) is 16.1. The molecule has 2 heterocycles.